The van der Waals surface area contributed by atoms with Crippen molar-refractivity contribution in [3.8, 4) is 0 Å². The van der Waals surface area contributed by atoms with E-state index in [9.17, 15) is 13.2 Å². The summed E-state index contributed by atoms with van der Waals surface area (Å²) in [6, 6.07) is 0.631. The fourth-order valence-corrected chi connectivity index (χ4v) is 3.60. The molecule has 0 aromatic carbocycles. The SMILES string of the molecule is CCCN(CC(F)(F)F)CC1(CNC2CC2)CCCCC1. The second-order valence-corrected chi connectivity index (χ2v) is 7.04. The van der Waals surface area contributed by atoms with E-state index in [0.717, 1.165) is 25.8 Å². The number of hydrogen-bond acceptors (Lipinski definition) is 2. The Labute approximate surface area is 126 Å². The highest BCUT2D eigenvalue weighted by Crippen LogP contribution is 2.38. The van der Waals surface area contributed by atoms with Crippen molar-refractivity contribution in [2.75, 3.05) is 26.2 Å². The summed E-state index contributed by atoms with van der Waals surface area (Å²) in [5, 5.41) is 3.57. The maximum atomic E-state index is 12.8. The van der Waals surface area contributed by atoms with Crippen molar-refractivity contribution in [1.29, 1.82) is 0 Å². The number of hydrogen-bond donors (Lipinski definition) is 1. The minimum Gasteiger partial charge on any atom is -0.313 e. The van der Waals surface area contributed by atoms with Crippen LogP contribution in [-0.4, -0.2) is 43.3 Å². The molecule has 1 N–H and O–H groups in total. The van der Waals surface area contributed by atoms with Gasteiger partial charge in [0.2, 0.25) is 0 Å². The van der Waals surface area contributed by atoms with Crippen molar-refractivity contribution < 1.29 is 13.2 Å². The molecule has 0 atom stereocenters. The highest BCUT2D eigenvalue weighted by molar-refractivity contribution is 4.91. The molecule has 0 aromatic rings. The first-order valence-electron chi connectivity index (χ1n) is 8.45. The van der Waals surface area contributed by atoms with E-state index >= 15 is 0 Å². The molecule has 0 amide bonds. The van der Waals surface area contributed by atoms with Gasteiger partial charge in [-0.2, -0.15) is 13.2 Å². The van der Waals surface area contributed by atoms with E-state index in [0.29, 0.717) is 19.1 Å². The molecule has 0 bridgehead atoms. The van der Waals surface area contributed by atoms with Crippen LogP contribution in [0.1, 0.15) is 58.3 Å². The number of alkyl halides is 3. The van der Waals surface area contributed by atoms with E-state index in [4.69, 9.17) is 0 Å². The summed E-state index contributed by atoms with van der Waals surface area (Å²) >= 11 is 0. The first-order valence-corrected chi connectivity index (χ1v) is 8.45. The third kappa shape index (κ3) is 6.15. The lowest BCUT2D eigenvalue weighted by molar-refractivity contribution is -0.149. The van der Waals surface area contributed by atoms with Gasteiger partial charge in [0.25, 0.3) is 0 Å². The molecule has 2 aliphatic carbocycles. The Hall–Kier alpha value is -0.290. The van der Waals surface area contributed by atoms with Gasteiger partial charge in [0.1, 0.15) is 0 Å². The van der Waals surface area contributed by atoms with Crippen molar-refractivity contribution in [2.24, 2.45) is 5.41 Å². The molecule has 2 aliphatic rings. The maximum Gasteiger partial charge on any atom is 0.401 e. The predicted octanol–water partition coefficient (Wildman–Crippen LogP) is 3.96. The molecule has 2 nitrogen and oxygen atoms in total. The molecule has 5 heteroatoms. The minimum absolute atomic E-state index is 0.0568. The smallest absolute Gasteiger partial charge is 0.313 e. The fourth-order valence-electron chi connectivity index (χ4n) is 3.60. The van der Waals surface area contributed by atoms with E-state index in [1.165, 1.54) is 32.1 Å². The Morgan fingerprint density at radius 3 is 2.33 bits per heavy atom. The van der Waals surface area contributed by atoms with E-state index in [1.807, 2.05) is 6.92 Å². The van der Waals surface area contributed by atoms with Gasteiger partial charge in [-0.3, -0.25) is 4.90 Å². The second-order valence-electron chi connectivity index (χ2n) is 7.04. The largest absolute Gasteiger partial charge is 0.401 e. The molecule has 0 aromatic heterocycles. The lowest BCUT2D eigenvalue weighted by Crippen LogP contribution is -2.48. The molecular weight excluding hydrogens is 277 g/mol. The number of nitrogens with one attached hydrogen (secondary N) is 1. The Morgan fingerprint density at radius 2 is 1.81 bits per heavy atom. The van der Waals surface area contributed by atoms with Crippen LogP contribution >= 0.6 is 0 Å². The average molecular weight is 306 g/mol. The van der Waals surface area contributed by atoms with Crippen molar-refractivity contribution in [3.63, 3.8) is 0 Å². The quantitative estimate of drug-likeness (QED) is 0.730. The summed E-state index contributed by atoms with van der Waals surface area (Å²) in [5.74, 6) is 0. The van der Waals surface area contributed by atoms with Crippen molar-refractivity contribution in [3.05, 3.63) is 0 Å². The molecule has 0 radical (unpaired) electrons. The fraction of sp³-hybridized carbons (Fsp3) is 1.00. The average Bonchev–Trinajstić information content (AvgIpc) is 3.20. The predicted molar refractivity (Wildman–Crippen MR) is 79.3 cm³/mol. The highest BCUT2D eigenvalue weighted by atomic mass is 19.4. The van der Waals surface area contributed by atoms with Gasteiger partial charge in [-0.05, 0) is 44.1 Å². The lowest BCUT2D eigenvalue weighted by atomic mass is 9.73. The van der Waals surface area contributed by atoms with E-state index in [2.05, 4.69) is 5.32 Å². The zero-order chi connectivity index (χ0) is 15.3. The molecule has 2 fully saturated rings. The van der Waals surface area contributed by atoms with Crippen molar-refractivity contribution in [1.82, 2.24) is 10.2 Å². The van der Waals surface area contributed by atoms with Crippen molar-refractivity contribution in [2.45, 2.75) is 70.5 Å². The summed E-state index contributed by atoms with van der Waals surface area (Å²) in [6.07, 6.45) is 4.87. The zero-order valence-corrected chi connectivity index (χ0v) is 13.1. The summed E-state index contributed by atoms with van der Waals surface area (Å²) in [5.41, 5.74) is 0.0568. The Kier molecular flexibility index (Phi) is 5.95. The summed E-state index contributed by atoms with van der Waals surface area (Å²) in [6.45, 7) is 3.24. The van der Waals surface area contributed by atoms with Crippen LogP contribution in [0.3, 0.4) is 0 Å². The van der Waals surface area contributed by atoms with Crippen LogP contribution in [0.5, 0.6) is 0 Å². The first kappa shape index (κ1) is 17.1. The summed E-state index contributed by atoms with van der Waals surface area (Å²) < 4.78 is 38.3. The monoisotopic (exact) mass is 306 g/mol. The van der Waals surface area contributed by atoms with Crippen LogP contribution < -0.4 is 5.32 Å². The molecule has 124 valence electrons. The lowest BCUT2D eigenvalue weighted by Gasteiger charge is -2.41. The third-order valence-corrected chi connectivity index (χ3v) is 4.76. The summed E-state index contributed by atoms with van der Waals surface area (Å²) in [4.78, 5) is 1.64. The van der Waals surface area contributed by atoms with Crippen molar-refractivity contribution >= 4 is 0 Å². The molecule has 21 heavy (non-hydrogen) atoms. The topological polar surface area (TPSA) is 15.3 Å². The molecule has 0 unspecified atom stereocenters. The standard InChI is InChI=1S/C16H29F3N2/c1-2-10-21(13-16(17,18)19)12-15(8-4-3-5-9-15)11-20-14-6-7-14/h14,20H,2-13H2,1H3. The van der Waals surface area contributed by atoms with Crippen LogP contribution in [0.15, 0.2) is 0 Å². The van der Waals surface area contributed by atoms with Gasteiger partial charge in [-0.1, -0.05) is 26.2 Å². The normalized spacial score (nSPS) is 22.7. The minimum atomic E-state index is -4.09. The number of rotatable bonds is 8. The van der Waals surface area contributed by atoms with Crippen LogP contribution in [0.2, 0.25) is 0 Å². The van der Waals surface area contributed by atoms with Gasteiger partial charge in [-0.25, -0.2) is 0 Å². The summed E-state index contributed by atoms with van der Waals surface area (Å²) in [7, 11) is 0. The highest BCUT2D eigenvalue weighted by Gasteiger charge is 2.38. The van der Waals surface area contributed by atoms with Gasteiger partial charge in [0.15, 0.2) is 0 Å². The van der Waals surface area contributed by atoms with Crippen LogP contribution in [0, 0.1) is 5.41 Å². The second kappa shape index (κ2) is 7.32. The molecule has 0 saturated heterocycles. The number of halogens is 3. The van der Waals surface area contributed by atoms with Crippen LogP contribution in [0.4, 0.5) is 13.2 Å². The number of nitrogens with zero attached hydrogens (tertiary/aromatic N) is 1. The molecule has 0 heterocycles. The van der Waals surface area contributed by atoms with Gasteiger partial charge in [0, 0.05) is 19.1 Å². The van der Waals surface area contributed by atoms with Gasteiger partial charge in [0.05, 0.1) is 6.54 Å². The van der Waals surface area contributed by atoms with E-state index in [-0.39, 0.29) is 5.41 Å². The van der Waals surface area contributed by atoms with Gasteiger partial charge < -0.3 is 5.32 Å². The first-order chi connectivity index (χ1) is 9.92. The third-order valence-electron chi connectivity index (χ3n) is 4.76. The van der Waals surface area contributed by atoms with Gasteiger partial charge in [-0.15, -0.1) is 0 Å². The molecule has 0 spiro atoms. The Balaban J connectivity index is 1.95. The van der Waals surface area contributed by atoms with E-state index in [1.54, 1.807) is 4.90 Å². The van der Waals surface area contributed by atoms with Crippen LogP contribution in [-0.2, 0) is 0 Å². The van der Waals surface area contributed by atoms with E-state index < -0.39 is 12.7 Å². The molecular formula is C16H29F3N2. The zero-order valence-electron chi connectivity index (χ0n) is 13.1. The Morgan fingerprint density at radius 1 is 1.14 bits per heavy atom. The Bertz CT molecular complexity index is 307. The van der Waals surface area contributed by atoms with Crippen LogP contribution in [0.25, 0.3) is 0 Å². The maximum absolute atomic E-state index is 12.8. The molecule has 0 aliphatic heterocycles. The molecule has 2 rings (SSSR count). The molecule has 2 saturated carbocycles. The van der Waals surface area contributed by atoms with Gasteiger partial charge >= 0.3 is 6.18 Å².